The third-order valence-corrected chi connectivity index (χ3v) is 2.62. The molecule has 1 fully saturated rings. The lowest BCUT2D eigenvalue weighted by Gasteiger charge is -2.19. The van der Waals surface area contributed by atoms with Gasteiger partial charge in [-0.05, 0) is 25.0 Å². The van der Waals surface area contributed by atoms with Crippen molar-refractivity contribution in [2.75, 3.05) is 0 Å². The van der Waals surface area contributed by atoms with Crippen molar-refractivity contribution in [3.8, 4) is 0 Å². The summed E-state index contributed by atoms with van der Waals surface area (Å²) in [7, 11) is 0. The van der Waals surface area contributed by atoms with Gasteiger partial charge in [-0.3, -0.25) is 0 Å². The second-order valence-electron chi connectivity index (χ2n) is 3.48. The van der Waals surface area contributed by atoms with Gasteiger partial charge in [-0.2, -0.15) is 10.2 Å². The smallest absolute Gasteiger partial charge is 0.0661 e. The van der Waals surface area contributed by atoms with E-state index in [-0.39, 0.29) is 0 Å². The Labute approximate surface area is 73.0 Å². The molecule has 0 amide bonds. The molecule has 2 nitrogen and oxygen atoms in total. The zero-order valence-electron chi connectivity index (χ0n) is 7.24. The number of nitrogens with zero attached hydrogens (tertiary/aromatic N) is 2. The van der Waals surface area contributed by atoms with Crippen LogP contribution in [0.1, 0.15) is 43.7 Å². The average molecular weight is 162 g/mol. The number of aromatic nitrogens is 2. The lowest BCUT2D eigenvalue weighted by Crippen LogP contribution is -2.06. The normalized spacial score (nSPS) is 19.3. The molecule has 1 aliphatic carbocycles. The van der Waals surface area contributed by atoms with Gasteiger partial charge in [-0.1, -0.05) is 19.3 Å². The monoisotopic (exact) mass is 162 g/mol. The van der Waals surface area contributed by atoms with Crippen LogP contribution < -0.4 is 0 Å². The fourth-order valence-electron chi connectivity index (χ4n) is 1.93. The molecular weight excluding hydrogens is 148 g/mol. The van der Waals surface area contributed by atoms with E-state index in [1.54, 1.807) is 6.20 Å². The molecule has 1 saturated carbocycles. The SMILES string of the molecule is c1cnnc(C2CCCCC2)c1. The van der Waals surface area contributed by atoms with Crippen LogP contribution >= 0.6 is 0 Å². The molecule has 0 aromatic carbocycles. The predicted molar refractivity (Wildman–Crippen MR) is 47.9 cm³/mol. The van der Waals surface area contributed by atoms with E-state index in [2.05, 4.69) is 16.3 Å². The first-order valence-corrected chi connectivity index (χ1v) is 4.74. The molecule has 0 radical (unpaired) electrons. The molecule has 12 heavy (non-hydrogen) atoms. The third-order valence-electron chi connectivity index (χ3n) is 2.62. The molecule has 1 aromatic rings. The Morgan fingerprint density at radius 1 is 1.17 bits per heavy atom. The largest absolute Gasteiger partial charge is 0.159 e. The summed E-state index contributed by atoms with van der Waals surface area (Å²) in [5.74, 6) is 0.687. The average Bonchev–Trinajstić information content (AvgIpc) is 2.21. The van der Waals surface area contributed by atoms with Crippen molar-refractivity contribution in [1.29, 1.82) is 0 Å². The summed E-state index contributed by atoms with van der Waals surface area (Å²) in [4.78, 5) is 0. The summed E-state index contributed by atoms with van der Waals surface area (Å²) in [5, 5.41) is 8.06. The van der Waals surface area contributed by atoms with Crippen molar-refractivity contribution in [3.63, 3.8) is 0 Å². The minimum Gasteiger partial charge on any atom is -0.159 e. The molecule has 0 unspecified atom stereocenters. The van der Waals surface area contributed by atoms with E-state index in [1.165, 1.54) is 37.8 Å². The van der Waals surface area contributed by atoms with Gasteiger partial charge >= 0.3 is 0 Å². The van der Waals surface area contributed by atoms with E-state index in [0.29, 0.717) is 5.92 Å². The Hall–Kier alpha value is -0.920. The van der Waals surface area contributed by atoms with Crippen molar-refractivity contribution >= 4 is 0 Å². The summed E-state index contributed by atoms with van der Waals surface area (Å²) >= 11 is 0. The molecule has 2 heteroatoms. The van der Waals surface area contributed by atoms with Gasteiger partial charge in [0, 0.05) is 12.1 Å². The Balaban J connectivity index is 2.08. The van der Waals surface area contributed by atoms with Gasteiger partial charge in [0.2, 0.25) is 0 Å². The van der Waals surface area contributed by atoms with Gasteiger partial charge in [-0.15, -0.1) is 0 Å². The predicted octanol–water partition coefficient (Wildman–Crippen LogP) is 2.52. The van der Waals surface area contributed by atoms with Crippen LogP contribution in [0.15, 0.2) is 18.3 Å². The lowest BCUT2D eigenvalue weighted by atomic mass is 9.87. The molecule has 0 atom stereocenters. The van der Waals surface area contributed by atoms with Crippen LogP contribution in [0.4, 0.5) is 0 Å². The minimum atomic E-state index is 0.687. The lowest BCUT2D eigenvalue weighted by molar-refractivity contribution is 0.434. The highest BCUT2D eigenvalue weighted by Crippen LogP contribution is 2.30. The first kappa shape index (κ1) is 7.71. The summed E-state index contributed by atoms with van der Waals surface area (Å²) in [6, 6.07) is 4.08. The molecule has 0 aliphatic heterocycles. The summed E-state index contributed by atoms with van der Waals surface area (Å²) in [5.41, 5.74) is 1.19. The topological polar surface area (TPSA) is 25.8 Å². The second kappa shape index (κ2) is 3.65. The van der Waals surface area contributed by atoms with Gasteiger partial charge in [0.1, 0.15) is 0 Å². The molecule has 0 N–H and O–H groups in total. The van der Waals surface area contributed by atoms with E-state index in [9.17, 15) is 0 Å². The standard InChI is InChI=1S/C10H14N2/c1-2-5-9(6-3-1)10-7-4-8-11-12-10/h4,7-9H,1-3,5-6H2. The zero-order chi connectivity index (χ0) is 8.23. The fourth-order valence-corrected chi connectivity index (χ4v) is 1.93. The molecule has 2 rings (SSSR count). The highest BCUT2D eigenvalue weighted by molar-refractivity contribution is 5.06. The van der Waals surface area contributed by atoms with Gasteiger partial charge in [0.25, 0.3) is 0 Å². The molecule has 64 valence electrons. The summed E-state index contributed by atoms with van der Waals surface area (Å²) in [6.07, 6.45) is 8.48. The van der Waals surface area contributed by atoms with Crippen LogP contribution in [0.5, 0.6) is 0 Å². The molecule has 0 saturated heterocycles. The molecular formula is C10H14N2. The molecule has 0 bridgehead atoms. The molecule has 0 spiro atoms. The second-order valence-corrected chi connectivity index (χ2v) is 3.48. The van der Waals surface area contributed by atoms with Gasteiger partial charge in [0.15, 0.2) is 0 Å². The van der Waals surface area contributed by atoms with E-state index in [4.69, 9.17) is 0 Å². The van der Waals surface area contributed by atoms with Crippen LogP contribution in [-0.2, 0) is 0 Å². The van der Waals surface area contributed by atoms with Crippen molar-refractivity contribution in [1.82, 2.24) is 10.2 Å². The molecule has 1 aromatic heterocycles. The van der Waals surface area contributed by atoms with Crippen LogP contribution in [0.3, 0.4) is 0 Å². The van der Waals surface area contributed by atoms with E-state index in [1.807, 2.05) is 6.07 Å². The van der Waals surface area contributed by atoms with E-state index < -0.39 is 0 Å². The Morgan fingerprint density at radius 2 is 2.00 bits per heavy atom. The summed E-state index contributed by atoms with van der Waals surface area (Å²) < 4.78 is 0. The first-order valence-electron chi connectivity index (χ1n) is 4.74. The number of rotatable bonds is 1. The summed E-state index contributed by atoms with van der Waals surface area (Å²) in [6.45, 7) is 0. The van der Waals surface area contributed by atoms with Crippen LogP contribution in [-0.4, -0.2) is 10.2 Å². The first-order chi connectivity index (χ1) is 5.97. The van der Waals surface area contributed by atoms with Crippen LogP contribution in [0.25, 0.3) is 0 Å². The zero-order valence-corrected chi connectivity index (χ0v) is 7.24. The maximum absolute atomic E-state index is 4.15. The number of hydrogen-bond acceptors (Lipinski definition) is 2. The maximum atomic E-state index is 4.15. The highest BCUT2D eigenvalue weighted by atomic mass is 15.1. The van der Waals surface area contributed by atoms with Crippen LogP contribution in [0, 0.1) is 0 Å². The van der Waals surface area contributed by atoms with Crippen molar-refractivity contribution in [2.24, 2.45) is 0 Å². The third kappa shape index (κ3) is 1.63. The Bertz CT molecular complexity index is 227. The van der Waals surface area contributed by atoms with Gasteiger partial charge in [0.05, 0.1) is 5.69 Å². The number of hydrogen-bond donors (Lipinski definition) is 0. The highest BCUT2D eigenvalue weighted by Gasteiger charge is 2.16. The van der Waals surface area contributed by atoms with E-state index in [0.717, 1.165) is 0 Å². The van der Waals surface area contributed by atoms with Gasteiger partial charge in [-0.25, -0.2) is 0 Å². The fraction of sp³-hybridized carbons (Fsp3) is 0.600. The maximum Gasteiger partial charge on any atom is 0.0661 e. The Kier molecular flexibility index (Phi) is 2.35. The molecule has 1 aliphatic rings. The van der Waals surface area contributed by atoms with Crippen molar-refractivity contribution < 1.29 is 0 Å². The van der Waals surface area contributed by atoms with Crippen molar-refractivity contribution in [3.05, 3.63) is 24.0 Å². The Morgan fingerprint density at radius 3 is 2.67 bits per heavy atom. The van der Waals surface area contributed by atoms with E-state index >= 15 is 0 Å². The van der Waals surface area contributed by atoms with Crippen LogP contribution in [0.2, 0.25) is 0 Å². The van der Waals surface area contributed by atoms with Crippen molar-refractivity contribution in [2.45, 2.75) is 38.0 Å². The van der Waals surface area contributed by atoms with Gasteiger partial charge < -0.3 is 0 Å². The quantitative estimate of drug-likeness (QED) is 0.634. The minimum absolute atomic E-state index is 0.687. The molecule has 1 heterocycles.